The summed E-state index contributed by atoms with van der Waals surface area (Å²) in [5, 5.41) is 4.33. The number of hydrogen-bond acceptors (Lipinski definition) is 4. The van der Waals surface area contributed by atoms with Gasteiger partial charge in [0.1, 0.15) is 6.10 Å². The zero-order valence-corrected chi connectivity index (χ0v) is 14.0. The lowest BCUT2D eigenvalue weighted by atomic mass is 9.93. The van der Waals surface area contributed by atoms with Gasteiger partial charge >= 0.3 is 0 Å². The molecule has 3 heterocycles. The average molecular weight is 344 g/mol. The molecule has 1 saturated heterocycles. The number of rotatable bonds is 4. The molecule has 4 rings (SSSR count). The quantitative estimate of drug-likeness (QED) is 0.856. The molecule has 132 valence electrons. The summed E-state index contributed by atoms with van der Waals surface area (Å²) in [6.07, 6.45) is 9.76. The summed E-state index contributed by atoms with van der Waals surface area (Å²) in [4.78, 5) is 18.4. The first-order valence-corrected chi connectivity index (χ1v) is 8.81. The Morgan fingerprint density at radius 2 is 2.04 bits per heavy atom. The number of piperidine rings is 1. The highest BCUT2D eigenvalue weighted by atomic mass is 19.1. The fraction of sp³-hybridized carbons (Fsp3) is 0.500. The van der Waals surface area contributed by atoms with Crippen LogP contribution in [-0.2, 0) is 0 Å². The Balaban J connectivity index is 1.32. The first-order chi connectivity index (χ1) is 12.2. The van der Waals surface area contributed by atoms with Crippen molar-refractivity contribution in [3.8, 4) is 5.88 Å². The van der Waals surface area contributed by atoms with E-state index >= 15 is 0 Å². The molecule has 2 fully saturated rings. The maximum absolute atomic E-state index is 13.6. The van der Waals surface area contributed by atoms with Crippen molar-refractivity contribution in [1.29, 1.82) is 0 Å². The molecule has 0 aromatic carbocycles. The average Bonchev–Trinajstić information content (AvgIpc) is 3.05. The summed E-state index contributed by atoms with van der Waals surface area (Å²) in [7, 11) is 0. The van der Waals surface area contributed by atoms with E-state index in [1.807, 2.05) is 15.8 Å². The van der Waals surface area contributed by atoms with Crippen molar-refractivity contribution < 1.29 is 13.9 Å². The summed E-state index contributed by atoms with van der Waals surface area (Å²) in [6.45, 7) is 1.18. The van der Waals surface area contributed by atoms with E-state index in [9.17, 15) is 9.18 Å². The molecule has 0 spiro atoms. The topological polar surface area (TPSA) is 60.2 Å². The smallest absolute Gasteiger partial charge is 0.257 e. The van der Waals surface area contributed by atoms with Gasteiger partial charge in [-0.15, -0.1) is 0 Å². The Kier molecular flexibility index (Phi) is 4.38. The number of amides is 1. The van der Waals surface area contributed by atoms with Crippen molar-refractivity contribution in [3.05, 3.63) is 42.1 Å². The summed E-state index contributed by atoms with van der Waals surface area (Å²) in [6, 6.07) is 3.32. The SMILES string of the molecule is O=C(c1cnn(C2CCC2)c1)N1CCC(Oc2ncccc2F)CC1. The third kappa shape index (κ3) is 3.36. The molecule has 7 heteroatoms. The molecule has 2 aromatic heterocycles. The normalized spacial score (nSPS) is 18.8. The van der Waals surface area contributed by atoms with E-state index in [-0.39, 0.29) is 17.9 Å². The Hall–Kier alpha value is -2.44. The molecule has 0 unspecified atom stereocenters. The molecule has 0 bridgehead atoms. The molecule has 1 saturated carbocycles. The first kappa shape index (κ1) is 16.1. The van der Waals surface area contributed by atoms with Gasteiger partial charge in [-0.2, -0.15) is 5.10 Å². The van der Waals surface area contributed by atoms with Gasteiger partial charge in [-0.05, 0) is 31.4 Å². The van der Waals surface area contributed by atoms with Crippen LogP contribution < -0.4 is 4.74 Å². The lowest BCUT2D eigenvalue weighted by Crippen LogP contribution is -2.41. The molecule has 2 aliphatic rings. The van der Waals surface area contributed by atoms with Crippen LogP contribution in [0.3, 0.4) is 0 Å². The molecule has 1 aliphatic carbocycles. The largest absolute Gasteiger partial charge is 0.472 e. The van der Waals surface area contributed by atoms with Crippen LogP contribution in [0.2, 0.25) is 0 Å². The van der Waals surface area contributed by atoms with Crippen LogP contribution in [0.5, 0.6) is 5.88 Å². The van der Waals surface area contributed by atoms with E-state index in [4.69, 9.17) is 4.74 Å². The second-order valence-electron chi connectivity index (χ2n) is 6.69. The summed E-state index contributed by atoms with van der Waals surface area (Å²) in [5.41, 5.74) is 0.641. The van der Waals surface area contributed by atoms with Gasteiger partial charge in [-0.1, -0.05) is 0 Å². The summed E-state index contributed by atoms with van der Waals surface area (Å²) in [5.74, 6) is -0.411. The minimum Gasteiger partial charge on any atom is -0.472 e. The highest BCUT2D eigenvalue weighted by Crippen LogP contribution is 2.31. The Morgan fingerprint density at radius 3 is 2.72 bits per heavy atom. The highest BCUT2D eigenvalue weighted by Gasteiger charge is 2.27. The van der Waals surface area contributed by atoms with E-state index in [0.717, 1.165) is 12.8 Å². The monoisotopic (exact) mass is 344 g/mol. The minimum absolute atomic E-state index is 0.00744. The standard InChI is InChI=1S/C18H21FN4O2/c19-16-5-2-8-20-17(16)25-15-6-9-22(10-7-15)18(24)13-11-21-23(12-13)14-3-1-4-14/h2,5,8,11-12,14-15H,1,3-4,6-7,9-10H2. The van der Waals surface area contributed by atoms with Crippen LogP contribution in [0.4, 0.5) is 4.39 Å². The van der Waals surface area contributed by atoms with Gasteiger partial charge in [0.15, 0.2) is 5.82 Å². The van der Waals surface area contributed by atoms with Gasteiger partial charge < -0.3 is 9.64 Å². The van der Waals surface area contributed by atoms with Gasteiger partial charge in [0.2, 0.25) is 0 Å². The van der Waals surface area contributed by atoms with Crippen LogP contribution >= 0.6 is 0 Å². The molecular weight excluding hydrogens is 323 g/mol. The highest BCUT2D eigenvalue weighted by molar-refractivity contribution is 5.93. The van der Waals surface area contributed by atoms with Gasteiger partial charge in [0.05, 0.1) is 17.8 Å². The fourth-order valence-corrected chi connectivity index (χ4v) is 3.27. The third-order valence-corrected chi connectivity index (χ3v) is 5.03. The van der Waals surface area contributed by atoms with E-state index < -0.39 is 5.82 Å². The zero-order valence-electron chi connectivity index (χ0n) is 14.0. The maximum Gasteiger partial charge on any atom is 0.257 e. The number of ether oxygens (including phenoxy) is 1. The van der Waals surface area contributed by atoms with Gasteiger partial charge in [-0.3, -0.25) is 9.48 Å². The van der Waals surface area contributed by atoms with Crippen LogP contribution in [0.15, 0.2) is 30.7 Å². The maximum atomic E-state index is 13.6. The van der Waals surface area contributed by atoms with Gasteiger partial charge in [-0.25, -0.2) is 9.37 Å². The molecule has 6 nitrogen and oxygen atoms in total. The van der Waals surface area contributed by atoms with E-state index in [1.54, 1.807) is 6.20 Å². The van der Waals surface area contributed by atoms with Crippen molar-refractivity contribution in [2.75, 3.05) is 13.1 Å². The molecule has 0 radical (unpaired) electrons. The lowest BCUT2D eigenvalue weighted by Gasteiger charge is -2.31. The molecular formula is C18H21FN4O2. The Labute approximate surface area is 145 Å². The van der Waals surface area contributed by atoms with Crippen molar-refractivity contribution in [2.24, 2.45) is 0 Å². The summed E-state index contributed by atoms with van der Waals surface area (Å²) < 4.78 is 21.2. The predicted molar refractivity (Wildman–Crippen MR) is 88.9 cm³/mol. The van der Waals surface area contributed by atoms with Gasteiger partial charge in [0, 0.05) is 38.3 Å². The van der Waals surface area contributed by atoms with Crippen LogP contribution in [0.25, 0.3) is 0 Å². The van der Waals surface area contributed by atoms with E-state index in [1.165, 1.54) is 24.8 Å². The number of likely N-dealkylation sites (tertiary alicyclic amines) is 1. The number of aromatic nitrogens is 3. The first-order valence-electron chi connectivity index (χ1n) is 8.81. The van der Waals surface area contributed by atoms with Gasteiger partial charge in [0.25, 0.3) is 11.8 Å². The predicted octanol–water partition coefficient (Wildman–Crippen LogP) is 2.83. The van der Waals surface area contributed by atoms with Crippen LogP contribution in [0, 0.1) is 5.82 Å². The number of carbonyl (C=O) groups excluding carboxylic acids is 1. The minimum atomic E-state index is -0.454. The molecule has 2 aromatic rings. The van der Waals surface area contributed by atoms with Crippen LogP contribution in [0.1, 0.15) is 48.5 Å². The zero-order chi connectivity index (χ0) is 17.2. The van der Waals surface area contributed by atoms with Crippen LogP contribution in [-0.4, -0.2) is 44.8 Å². The van der Waals surface area contributed by atoms with Crippen molar-refractivity contribution in [3.63, 3.8) is 0 Å². The number of nitrogens with zero attached hydrogens (tertiary/aromatic N) is 4. The number of halogens is 1. The number of hydrogen-bond donors (Lipinski definition) is 0. The van der Waals surface area contributed by atoms with Crippen molar-refractivity contribution in [2.45, 2.75) is 44.2 Å². The van der Waals surface area contributed by atoms with E-state index in [0.29, 0.717) is 37.5 Å². The summed E-state index contributed by atoms with van der Waals surface area (Å²) >= 11 is 0. The fourth-order valence-electron chi connectivity index (χ4n) is 3.27. The second kappa shape index (κ2) is 6.82. The van der Waals surface area contributed by atoms with Crippen molar-refractivity contribution >= 4 is 5.91 Å². The molecule has 1 aliphatic heterocycles. The second-order valence-corrected chi connectivity index (χ2v) is 6.69. The molecule has 25 heavy (non-hydrogen) atoms. The molecule has 1 amide bonds. The molecule has 0 N–H and O–H groups in total. The Bertz CT molecular complexity index is 751. The Morgan fingerprint density at radius 1 is 1.24 bits per heavy atom. The lowest BCUT2D eigenvalue weighted by molar-refractivity contribution is 0.0579. The number of pyridine rings is 1. The third-order valence-electron chi connectivity index (χ3n) is 5.03. The van der Waals surface area contributed by atoms with Crippen molar-refractivity contribution in [1.82, 2.24) is 19.7 Å². The molecule has 0 atom stereocenters. The van der Waals surface area contributed by atoms with E-state index in [2.05, 4.69) is 10.1 Å². The number of carbonyl (C=O) groups is 1.